The number of amides is 1. The summed E-state index contributed by atoms with van der Waals surface area (Å²) in [5.41, 5.74) is 1.61. The third-order valence-electron chi connectivity index (χ3n) is 4.58. The molecule has 6 nitrogen and oxygen atoms in total. The Bertz CT molecular complexity index is 1340. The lowest BCUT2D eigenvalue weighted by Gasteiger charge is -2.19. The van der Waals surface area contributed by atoms with Crippen LogP contribution in [-0.2, 0) is 4.79 Å². The van der Waals surface area contributed by atoms with Gasteiger partial charge >= 0.3 is 0 Å². The number of thioether (sulfide) groups is 1. The van der Waals surface area contributed by atoms with Gasteiger partial charge in [-0.25, -0.2) is 0 Å². The van der Waals surface area contributed by atoms with E-state index in [4.69, 9.17) is 33.0 Å². The molecule has 0 spiro atoms. The zero-order valence-corrected chi connectivity index (χ0v) is 18.0. The SMILES string of the molecule is N=C1/C(=C/c2ccc(-c3cccc(Cl)c3)o2)C(=O)N=C2SC(c3ccccc3Cl)=NN12. The van der Waals surface area contributed by atoms with Gasteiger partial charge in [-0.3, -0.25) is 10.2 Å². The zero-order chi connectivity index (χ0) is 21.5. The summed E-state index contributed by atoms with van der Waals surface area (Å²) in [5.74, 6) is 0.415. The number of rotatable bonds is 3. The molecule has 1 aromatic heterocycles. The smallest absolute Gasteiger partial charge is 0.283 e. The first-order chi connectivity index (χ1) is 15.0. The fraction of sp³-hybridized carbons (Fsp3) is 0. The molecule has 0 unspecified atom stereocenters. The van der Waals surface area contributed by atoms with E-state index in [0.29, 0.717) is 37.3 Å². The summed E-state index contributed by atoms with van der Waals surface area (Å²) in [6.45, 7) is 0. The monoisotopic (exact) mass is 466 g/mol. The second-order valence-electron chi connectivity index (χ2n) is 6.62. The number of nitrogens with one attached hydrogen (secondary N) is 1. The van der Waals surface area contributed by atoms with E-state index in [0.717, 1.165) is 5.56 Å². The van der Waals surface area contributed by atoms with Gasteiger partial charge in [0.15, 0.2) is 5.84 Å². The van der Waals surface area contributed by atoms with E-state index in [1.54, 1.807) is 30.3 Å². The summed E-state index contributed by atoms with van der Waals surface area (Å²) in [6.07, 6.45) is 1.49. The van der Waals surface area contributed by atoms with Gasteiger partial charge in [-0.2, -0.15) is 15.1 Å². The first-order valence-corrected chi connectivity index (χ1v) is 10.7. The van der Waals surface area contributed by atoms with Crippen molar-refractivity contribution in [2.24, 2.45) is 10.1 Å². The van der Waals surface area contributed by atoms with Crippen LogP contribution >= 0.6 is 35.0 Å². The minimum absolute atomic E-state index is 0.0785. The minimum Gasteiger partial charge on any atom is -0.457 e. The van der Waals surface area contributed by atoms with Crippen LogP contribution in [0, 0.1) is 5.41 Å². The van der Waals surface area contributed by atoms with Crippen LogP contribution in [0.3, 0.4) is 0 Å². The molecule has 1 amide bonds. The molecule has 1 N–H and O–H groups in total. The van der Waals surface area contributed by atoms with Crippen molar-refractivity contribution in [1.29, 1.82) is 5.41 Å². The summed E-state index contributed by atoms with van der Waals surface area (Å²) in [5, 5.41) is 16.3. The molecule has 2 aliphatic rings. The summed E-state index contributed by atoms with van der Waals surface area (Å²) in [7, 11) is 0. The molecule has 5 rings (SSSR count). The van der Waals surface area contributed by atoms with Crippen LogP contribution in [0.2, 0.25) is 10.0 Å². The normalized spacial score (nSPS) is 17.1. The summed E-state index contributed by atoms with van der Waals surface area (Å²) >= 11 is 13.5. The lowest BCUT2D eigenvalue weighted by Crippen LogP contribution is -2.35. The highest BCUT2D eigenvalue weighted by Gasteiger charge is 2.36. The number of benzene rings is 2. The molecular formula is C22H12Cl2N4O2S. The van der Waals surface area contributed by atoms with Gasteiger partial charge in [0.2, 0.25) is 5.17 Å². The van der Waals surface area contributed by atoms with Crippen LogP contribution in [0.15, 0.2) is 80.7 Å². The van der Waals surface area contributed by atoms with E-state index in [9.17, 15) is 4.79 Å². The van der Waals surface area contributed by atoms with E-state index >= 15 is 0 Å². The fourth-order valence-electron chi connectivity index (χ4n) is 3.11. The van der Waals surface area contributed by atoms with Gasteiger partial charge in [-0.15, -0.1) is 0 Å². The highest BCUT2D eigenvalue weighted by Crippen LogP contribution is 2.33. The number of aliphatic imine (C=N–C) groups is 1. The van der Waals surface area contributed by atoms with Crippen LogP contribution in [-0.4, -0.2) is 27.0 Å². The second-order valence-corrected chi connectivity index (χ2v) is 8.42. The van der Waals surface area contributed by atoms with Crippen molar-refractivity contribution in [3.05, 3.63) is 87.6 Å². The standard InChI is InChI=1S/C22H12Cl2N4O2S/c23-13-5-3-4-12(10-13)18-9-8-14(30-18)11-16-19(25)28-22(26-20(16)29)31-21(27-28)15-6-1-2-7-17(15)24/h1-11,25H/b16-11-,25-19?. The summed E-state index contributed by atoms with van der Waals surface area (Å²) in [4.78, 5) is 16.7. The number of fused-ring (bicyclic) bond motifs is 1. The Hall–Kier alpha value is -3.13. The predicted molar refractivity (Wildman–Crippen MR) is 125 cm³/mol. The van der Waals surface area contributed by atoms with E-state index in [1.165, 1.54) is 22.8 Å². The van der Waals surface area contributed by atoms with Gasteiger partial charge in [0.25, 0.3) is 5.91 Å². The summed E-state index contributed by atoms with van der Waals surface area (Å²) in [6, 6.07) is 18.0. The van der Waals surface area contributed by atoms with Crippen molar-refractivity contribution < 1.29 is 9.21 Å². The van der Waals surface area contributed by atoms with Gasteiger partial charge < -0.3 is 4.42 Å². The topological polar surface area (TPSA) is 82.0 Å². The molecule has 0 saturated heterocycles. The average molecular weight is 467 g/mol. The van der Waals surface area contributed by atoms with E-state index in [-0.39, 0.29) is 11.4 Å². The molecule has 31 heavy (non-hydrogen) atoms. The fourth-order valence-corrected chi connectivity index (χ4v) is 4.51. The lowest BCUT2D eigenvalue weighted by molar-refractivity contribution is -0.114. The third-order valence-corrected chi connectivity index (χ3v) is 6.09. The second kappa shape index (κ2) is 7.85. The maximum absolute atomic E-state index is 12.6. The van der Waals surface area contributed by atoms with Crippen LogP contribution in [0.25, 0.3) is 17.4 Å². The summed E-state index contributed by atoms with van der Waals surface area (Å²) < 4.78 is 5.83. The molecular weight excluding hydrogens is 455 g/mol. The molecule has 3 aromatic rings. The Morgan fingerprint density at radius 2 is 1.90 bits per heavy atom. The Morgan fingerprint density at radius 1 is 1.06 bits per heavy atom. The molecule has 0 bridgehead atoms. The first-order valence-electron chi connectivity index (χ1n) is 9.10. The highest BCUT2D eigenvalue weighted by molar-refractivity contribution is 8.27. The maximum atomic E-state index is 12.6. The molecule has 0 fully saturated rings. The Labute approximate surface area is 191 Å². The minimum atomic E-state index is -0.528. The number of furan rings is 1. The van der Waals surface area contributed by atoms with Crippen molar-refractivity contribution in [2.75, 3.05) is 0 Å². The molecule has 9 heteroatoms. The van der Waals surface area contributed by atoms with Crippen molar-refractivity contribution >= 4 is 63.0 Å². The van der Waals surface area contributed by atoms with E-state index < -0.39 is 5.91 Å². The number of hydrogen-bond donors (Lipinski definition) is 1. The maximum Gasteiger partial charge on any atom is 0.283 e. The number of carbonyl (C=O) groups is 1. The molecule has 0 aliphatic carbocycles. The van der Waals surface area contributed by atoms with Crippen LogP contribution in [0.5, 0.6) is 0 Å². The van der Waals surface area contributed by atoms with Crippen molar-refractivity contribution in [3.63, 3.8) is 0 Å². The van der Waals surface area contributed by atoms with E-state index in [2.05, 4.69) is 10.1 Å². The molecule has 2 aromatic carbocycles. The Kier molecular flexibility index (Phi) is 5.02. The zero-order valence-electron chi connectivity index (χ0n) is 15.7. The number of halogens is 2. The highest BCUT2D eigenvalue weighted by atomic mass is 35.5. The predicted octanol–water partition coefficient (Wildman–Crippen LogP) is 5.92. The van der Waals surface area contributed by atoms with Crippen LogP contribution < -0.4 is 0 Å². The molecule has 0 atom stereocenters. The van der Waals surface area contributed by atoms with E-state index in [1.807, 2.05) is 30.3 Å². The third kappa shape index (κ3) is 3.72. The lowest BCUT2D eigenvalue weighted by atomic mass is 10.1. The molecule has 0 radical (unpaired) electrons. The van der Waals surface area contributed by atoms with Gasteiger partial charge in [-0.05, 0) is 48.2 Å². The number of hydrazone groups is 1. The van der Waals surface area contributed by atoms with Crippen molar-refractivity contribution in [2.45, 2.75) is 0 Å². The van der Waals surface area contributed by atoms with Crippen molar-refractivity contribution in [3.8, 4) is 11.3 Å². The van der Waals surface area contributed by atoms with Gasteiger partial charge in [-0.1, -0.05) is 53.5 Å². The number of hydrogen-bond acceptors (Lipinski definition) is 5. The molecule has 2 aliphatic heterocycles. The van der Waals surface area contributed by atoms with Gasteiger partial charge in [0.05, 0.1) is 10.6 Å². The molecule has 0 saturated carbocycles. The largest absolute Gasteiger partial charge is 0.457 e. The Morgan fingerprint density at radius 3 is 2.71 bits per heavy atom. The molecule has 152 valence electrons. The molecule has 3 heterocycles. The van der Waals surface area contributed by atoms with Crippen LogP contribution in [0.4, 0.5) is 0 Å². The quantitative estimate of drug-likeness (QED) is 0.485. The van der Waals surface area contributed by atoms with Crippen molar-refractivity contribution in [1.82, 2.24) is 5.01 Å². The van der Waals surface area contributed by atoms with Gasteiger partial charge in [0, 0.05) is 16.1 Å². The average Bonchev–Trinajstić information content (AvgIpc) is 3.39. The number of nitrogens with zero attached hydrogens (tertiary/aromatic N) is 3. The Balaban J connectivity index is 1.46. The number of carbonyl (C=O) groups excluding carboxylic acids is 1. The number of amidine groups is 2. The first kappa shape index (κ1) is 19.8. The van der Waals surface area contributed by atoms with Gasteiger partial charge in [0.1, 0.15) is 16.6 Å². The van der Waals surface area contributed by atoms with Crippen LogP contribution in [0.1, 0.15) is 11.3 Å².